The van der Waals surface area contributed by atoms with Crippen molar-refractivity contribution in [3.05, 3.63) is 28.2 Å². The zero-order chi connectivity index (χ0) is 14.9. The number of sulfonamides is 1. The maximum atomic E-state index is 13.8. The largest absolute Gasteiger partial charge is 0.317 e. The zero-order valence-corrected chi connectivity index (χ0v) is 13.3. The van der Waals surface area contributed by atoms with E-state index >= 15 is 0 Å². The highest BCUT2D eigenvalue weighted by atomic mass is 79.9. The lowest BCUT2D eigenvalue weighted by atomic mass is 10.1. The van der Waals surface area contributed by atoms with E-state index in [1.165, 1.54) is 7.05 Å². The third kappa shape index (κ3) is 3.03. The van der Waals surface area contributed by atoms with E-state index in [1.807, 2.05) is 0 Å². The van der Waals surface area contributed by atoms with E-state index in [9.17, 15) is 17.2 Å². The summed E-state index contributed by atoms with van der Waals surface area (Å²) >= 11 is 2.83. The van der Waals surface area contributed by atoms with Crippen molar-refractivity contribution in [2.24, 2.45) is 0 Å². The first-order valence-electron chi connectivity index (χ1n) is 6.17. The van der Waals surface area contributed by atoms with Crippen LogP contribution in [0.5, 0.6) is 0 Å². The summed E-state index contributed by atoms with van der Waals surface area (Å²) in [5.41, 5.74) is 0. The lowest BCUT2D eigenvalue weighted by molar-refractivity contribution is 0.295. The average Bonchev–Trinajstić information content (AvgIpc) is 2.42. The van der Waals surface area contributed by atoms with Gasteiger partial charge in [-0.3, -0.25) is 0 Å². The molecule has 1 aliphatic rings. The number of hydrogen-bond acceptors (Lipinski definition) is 3. The Bertz CT molecular complexity index is 604. The Kier molecular flexibility index (Phi) is 4.78. The quantitative estimate of drug-likeness (QED) is 0.831. The van der Waals surface area contributed by atoms with Crippen molar-refractivity contribution >= 4 is 26.0 Å². The highest BCUT2D eigenvalue weighted by molar-refractivity contribution is 9.10. The van der Waals surface area contributed by atoms with Gasteiger partial charge in [0.05, 0.1) is 4.47 Å². The van der Waals surface area contributed by atoms with Gasteiger partial charge in [0.15, 0.2) is 0 Å². The van der Waals surface area contributed by atoms with Crippen LogP contribution in [0.2, 0.25) is 0 Å². The minimum atomic E-state index is -4.04. The second-order valence-electron chi connectivity index (χ2n) is 4.70. The Balaban J connectivity index is 2.36. The van der Waals surface area contributed by atoms with Crippen molar-refractivity contribution in [3.63, 3.8) is 0 Å². The molecular weight excluding hydrogens is 354 g/mol. The number of hydrogen-bond donors (Lipinski definition) is 1. The Labute approximate surface area is 125 Å². The molecule has 2 rings (SSSR count). The summed E-state index contributed by atoms with van der Waals surface area (Å²) in [6.07, 6.45) is 1.30. The molecule has 20 heavy (non-hydrogen) atoms. The molecule has 1 N–H and O–H groups in total. The van der Waals surface area contributed by atoms with E-state index < -0.39 is 26.6 Å². The minimum absolute atomic E-state index is 0.0986. The third-order valence-corrected chi connectivity index (χ3v) is 5.99. The molecule has 4 nitrogen and oxygen atoms in total. The smallest absolute Gasteiger partial charge is 0.246 e. The fraction of sp³-hybridized carbons (Fsp3) is 0.500. The van der Waals surface area contributed by atoms with Crippen LogP contribution in [0.4, 0.5) is 8.78 Å². The van der Waals surface area contributed by atoms with Gasteiger partial charge in [0, 0.05) is 13.1 Å². The number of rotatable bonds is 3. The van der Waals surface area contributed by atoms with Gasteiger partial charge in [-0.2, -0.15) is 4.31 Å². The average molecular weight is 369 g/mol. The SMILES string of the molecule is CN(C1CCNCC1)S(=O)(=O)c1cc(F)c(Br)cc1F. The van der Waals surface area contributed by atoms with Crippen LogP contribution in [0.1, 0.15) is 12.8 Å². The van der Waals surface area contributed by atoms with E-state index in [0.29, 0.717) is 32.0 Å². The molecule has 0 amide bonds. The lowest BCUT2D eigenvalue weighted by Crippen LogP contribution is -2.44. The number of piperidine rings is 1. The Morgan fingerprint density at radius 3 is 2.45 bits per heavy atom. The maximum Gasteiger partial charge on any atom is 0.246 e. The number of nitrogens with zero attached hydrogens (tertiary/aromatic N) is 1. The molecule has 0 bridgehead atoms. The predicted octanol–water partition coefficient (Wildman–Crippen LogP) is 2.10. The van der Waals surface area contributed by atoms with E-state index in [2.05, 4.69) is 21.2 Å². The third-order valence-electron chi connectivity index (χ3n) is 3.45. The molecule has 1 heterocycles. The summed E-state index contributed by atoms with van der Waals surface area (Å²) in [6.45, 7) is 1.42. The first kappa shape index (κ1) is 15.8. The molecule has 0 atom stereocenters. The van der Waals surface area contributed by atoms with Crippen LogP contribution >= 0.6 is 15.9 Å². The molecule has 0 saturated carbocycles. The summed E-state index contributed by atoms with van der Waals surface area (Å²) in [5, 5.41) is 3.13. The van der Waals surface area contributed by atoms with Crippen LogP contribution < -0.4 is 5.32 Å². The van der Waals surface area contributed by atoms with Crippen molar-refractivity contribution < 1.29 is 17.2 Å². The van der Waals surface area contributed by atoms with Crippen LogP contribution in [-0.2, 0) is 10.0 Å². The van der Waals surface area contributed by atoms with Crippen molar-refractivity contribution in [1.29, 1.82) is 0 Å². The molecule has 1 aliphatic heterocycles. The molecule has 8 heteroatoms. The summed E-state index contributed by atoms with van der Waals surface area (Å²) in [7, 11) is -2.63. The number of benzene rings is 1. The summed E-state index contributed by atoms with van der Waals surface area (Å²) in [4.78, 5) is -0.626. The monoisotopic (exact) mass is 368 g/mol. The van der Waals surface area contributed by atoms with Gasteiger partial charge in [0.1, 0.15) is 16.5 Å². The molecule has 1 saturated heterocycles. The molecule has 1 aromatic rings. The Morgan fingerprint density at radius 1 is 1.25 bits per heavy atom. The van der Waals surface area contributed by atoms with Crippen molar-refractivity contribution in [2.75, 3.05) is 20.1 Å². The van der Waals surface area contributed by atoms with Gasteiger partial charge in [0.2, 0.25) is 10.0 Å². The molecule has 1 fully saturated rings. The van der Waals surface area contributed by atoms with Gasteiger partial charge in [-0.25, -0.2) is 17.2 Å². The Morgan fingerprint density at radius 2 is 1.85 bits per heavy atom. The summed E-state index contributed by atoms with van der Waals surface area (Å²) in [6, 6.07) is 1.34. The van der Waals surface area contributed by atoms with Crippen LogP contribution in [0.15, 0.2) is 21.5 Å². The number of halogens is 3. The van der Waals surface area contributed by atoms with Crippen LogP contribution in [0.25, 0.3) is 0 Å². The standard InChI is InChI=1S/C12H15BrF2N2O2S/c1-17(8-2-4-16-5-3-8)20(18,19)12-7-10(14)9(13)6-11(12)15/h6-8,16H,2-5H2,1H3. The van der Waals surface area contributed by atoms with Gasteiger partial charge in [-0.1, -0.05) is 0 Å². The molecule has 0 aliphatic carbocycles. The van der Waals surface area contributed by atoms with Gasteiger partial charge in [-0.05, 0) is 54.0 Å². The van der Waals surface area contributed by atoms with E-state index in [1.54, 1.807) is 0 Å². The molecule has 112 valence electrons. The molecule has 0 aromatic heterocycles. The van der Waals surface area contributed by atoms with Crippen LogP contribution in [0.3, 0.4) is 0 Å². The van der Waals surface area contributed by atoms with Gasteiger partial charge >= 0.3 is 0 Å². The molecule has 0 radical (unpaired) electrons. The normalized spacial score (nSPS) is 17.6. The maximum absolute atomic E-state index is 13.8. The molecule has 0 unspecified atom stereocenters. The van der Waals surface area contributed by atoms with E-state index in [0.717, 1.165) is 10.4 Å². The highest BCUT2D eigenvalue weighted by Gasteiger charge is 2.31. The predicted molar refractivity (Wildman–Crippen MR) is 74.9 cm³/mol. The van der Waals surface area contributed by atoms with E-state index in [4.69, 9.17) is 0 Å². The Hall–Kier alpha value is -0.570. The van der Waals surface area contributed by atoms with Crippen LogP contribution in [0, 0.1) is 11.6 Å². The van der Waals surface area contributed by atoms with E-state index in [-0.39, 0.29) is 10.5 Å². The highest BCUT2D eigenvalue weighted by Crippen LogP contribution is 2.27. The van der Waals surface area contributed by atoms with Gasteiger partial charge < -0.3 is 5.32 Å². The molecule has 0 spiro atoms. The molecule has 1 aromatic carbocycles. The fourth-order valence-corrected chi connectivity index (χ4v) is 4.01. The van der Waals surface area contributed by atoms with Crippen molar-refractivity contribution in [2.45, 2.75) is 23.8 Å². The topological polar surface area (TPSA) is 49.4 Å². The zero-order valence-electron chi connectivity index (χ0n) is 10.9. The first-order valence-corrected chi connectivity index (χ1v) is 8.40. The molecular formula is C12H15BrF2N2O2S. The van der Waals surface area contributed by atoms with Gasteiger partial charge in [-0.15, -0.1) is 0 Å². The summed E-state index contributed by atoms with van der Waals surface area (Å²) < 4.78 is 53.2. The lowest BCUT2D eigenvalue weighted by Gasteiger charge is -2.30. The second-order valence-corrected chi connectivity index (χ2v) is 7.52. The fourth-order valence-electron chi connectivity index (χ4n) is 2.22. The van der Waals surface area contributed by atoms with Crippen molar-refractivity contribution in [1.82, 2.24) is 9.62 Å². The van der Waals surface area contributed by atoms with Gasteiger partial charge in [0.25, 0.3) is 0 Å². The number of nitrogens with one attached hydrogen (secondary N) is 1. The van der Waals surface area contributed by atoms with Crippen LogP contribution in [-0.4, -0.2) is 38.9 Å². The first-order chi connectivity index (χ1) is 9.34. The minimum Gasteiger partial charge on any atom is -0.317 e. The summed E-state index contributed by atoms with van der Waals surface area (Å²) in [5.74, 6) is -1.76. The second kappa shape index (κ2) is 6.05. The van der Waals surface area contributed by atoms with Crippen molar-refractivity contribution in [3.8, 4) is 0 Å².